The number of aryl methyl sites for hydroxylation is 1. The summed E-state index contributed by atoms with van der Waals surface area (Å²) >= 11 is 0. The van der Waals surface area contributed by atoms with Gasteiger partial charge in [0.1, 0.15) is 5.52 Å². The Morgan fingerprint density at radius 3 is 3.05 bits per heavy atom. The van der Waals surface area contributed by atoms with Gasteiger partial charge >= 0.3 is 0 Å². The van der Waals surface area contributed by atoms with Crippen LogP contribution < -0.4 is 5.32 Å². The molecule has 0 radical (unpaired) electrons. The van der Waals surface area contributed by atoms with Gasteiger partial charge in [0, 0.05) is 17.8 Å². The second-order valence-corrected chi connectivity index (χ2v) is 5.22. The summed E-state index contributed by atoms with van der Waals surface area (Å²) in [6, 6.07) is 12.6. The molecule has 1 aliphatic heterocycles. The third-order valence-electron chi connectivity index (χ3n) is 3.92. The summed E-state index contributed by atoms with van der Waals surface area (Å²) in [5.74, 6) is 0.711. The second kappa shape index (κ2) is 4.37. The summed E-state index contributed by atoms with van der Waals surface area (Å²) in [4.78, 5) is 4.63. The van der Waals surface area contributed by atoms with Gasteiger partial charge in [-0.3, -0.25) is 0 Å². The molecule has 4 rings (SSSR count). The van der Waals surface area contributed by atoms with E-state index in [2.05, 4.69) is 47.6 Å². The molecule has 3 nitrogen and oxygen atoms in total. The Bertz CT molecular complexity index is 789. The number of hydrogen-bond donors (Lipinski definition) is 1. The zero-order valence-electron chi connectivity index (χ0n) is 11.4. The lowest BCUT2D eigenvalue weighted by molar-refractivity contribution is 0.619. The van der Waals surface area contributed by atoms with Crippen molar-refractivity contribution in [2.24, 2.45) is 0 Å². The second-order valence-electron chi connectivity index (χ2n) is 5.22. The number of anilines is 1. The highest BCUT2D eigenvalue weighted by Gasteiger charge is 2.14. The molecule has 0 atom stereocenters. The van der Waals surface area contributed by atoms with Crippen molar-refractivity contribution in [1.29, 1.82) is 0 Å². The Balaban J connectivity index is 1.81. The molecule has 2 heterocycles. The molecule has 20 heavy (non-hydrogen) atoms. The average molecular weight is 264 g/mol. The van der Waals surface area contributed by atoms with Gasteiger partial charge in [-0.25, -0.2) is 4.98 Å². The minimum atomic E-state index is 0.711. The minimum absolute atomic E-state index is 0.711. The molecule has 1 aromatic heterocycles. The number of nitrogens with zero attached hydrogens (tertiary/aromatic N) is 1. The van der Waals surface area contributed by atoms with E-state index in [1.807, 2.05) is 6.07 Å². The van der Waals surface area contributed by atoms with Crippen molar-refractivity contribution >= 4 is 16.8 Å². The third kappa shape index (κ3) is 1.78. The smallest absolute Gasteiger partial charge is 0.227 e. The van der Waals surface area contributed by atoms with Crippen LogP contribution in [0.25, 0.3) is 22.6 Å². The quantitative estimate of drug-likeness (QED) is 0.759. The van der Waals surface area contributed by atoms with Gasteiger partial charge in [-0.2, -0.15) is 0 Å². The highest BCUT2D eigenvalue weighted by molar-refractivity contribution is 5.77. The fourth-order valence-electron chi connectivity index (χ4n) is 2.75. The summed E-state index contributed by atoms with van der Waals surface area (Å²) < 4.78 is 5.88. The highest BCUT2D eigenvalue weighted by atomic mass is 16.3. The van der Waals surface area contributed by atoms with Crippen molar-refractivity contribution < 1.29 is 4.42 Å². The number of oxazole rings is 1. The van der Waals surface area contributed by atoms with Crippen LogP contribution in [0.2, 0.25) is 0 Å². The van der Waals surface area contributed by atoms with Crippen molar-refractivity contribution in [3.63, 3.8) is 0 Å². The molecular weight excluding hydrogens is 248 g/mol. The van der Waals surface area contributed by atoms with Crippen LogP contribution in [-0.4, -0.2) is 11.5 Å². The first-order valence-electron chi connectivity index (χ1n) is 7.10. The van der Waals surface area contributed by atoms with Gasteiger partial charge in [0.15, 0.2) is 5.58 Å². The van der Waals surface area contributed by atoms with Crippen LogP contribution >= 0.6 is 0 Å². The van der Waals surface area contributed by atoms with E-state index in [1.165, 1.54) is 16.8 Å². The Morgan fingerprint density at radius 1 is 1.20 bits per heavy atom. The Hall–Kier alpha value is -2.29. The lowest BCUT2D eigenvalue weighted by Gasteiger charge is -2.00. The lowest BCUT2D eigenvalue weighted by Crippen LogP contribution is -1.90. The van der Waals surface area contributed by atoms with Crippen LogP contribution in [0.1, 0.15) is 18.1 Å². The van der Waals surface area contributed by atoms with Crippen LogP contribution in [0.15, 0.2) is 40.8 Å². The summed E-state index contributed by atoms with van der Waals surface area (Å²) in [5.41, 5.74) is 6.73. The Labute approximate surface area is 117 Å². The number of rotatable bonds is 2. The summed E-state index contributed by atoms with van der Waals surface area (Å²) in [6.45, 7) is 3.17. The number of benzene rings is 2. The molecule has 1 N–H and O–H groups in total. The molecule has 0 saturated heterocycles. The predicted octanol–water partition coefficient (Wildman–Crippen LogP) is 4.03. The van der Waals surface area contributed by atoms with E-state index in [9.17, 15) is 0 Å². The first kappa shape index (κ1) is 11.5. The molecule has 0 saturated carbocycles. The van der Waals surface area contributed by atoms with Crippen molar-refractivity contribution in [2.45, 2.75) is 19.8 Å². The van der Waals surface area contributed by atoms with Crippen LogP contribution in [0.3, 0.4) is 0 Å². The molecule has 3 aromatic rings. The maximum Gasteiger partial charge on any atom is 0.227 e. The molecule has 0 amide bonds. The maximum absolute atomic E-state index is 5.88. The van der Waals surface area contributed by atoms with Crippen molar-refractivity contribution in [1.82, 2.24) is 4.98 Å². The molecule has 3 heteroatoms. The highest BCUT2D eigenvalue weighted by Crippen LogP contribution is 2.30. The zero-order valence-corrected chi connectivity index (χ0v) is 11.4. The van der Waals surface area contributed by atoms with E-state index in [-0.39, 0.29) is 0 Å². The zero-order chi connectivity index (χ0) is 13.5. The van der Waals surface area contributed by atoms with Gasteiger partial charge in [-0.1, -0.05) is 13.0 Å². The van der Waals surface area contributed by atoms with Gasteiger partial charge in [0.05, 0.1) is 0 Å². The van der Waals surface area contributed by atoms with Crippen molar-refractivity contribution in [3.05, 3.63) is 47.5 Å². The van der Waals surface area contributed by atoms with E-state index in [0.29, 0.717) is 5.89 Å². The Morgan fingerprint density at radius 2 is 2.15 bits per heavy atom. The molecule has 1 aliphatic rings. The normalized spacial score (nSPS) is 13.4. The molecule has 100 valence electrons. The molecule has 2 aromatic carbocycles. The molecular formula is C17H16N2O. The average Bonchev–Trinajstić information content (AvgIpc) is 3.11. The van der Waals surface area contributed by atoms with Gasteiger partial charge in [-0.05, 0) is 54.3 Å². The molecule has 0 bridgehead atoms. The summed E-state index contributed by atoms with van der Waals surface area (Å²) in [6.07, 6.45) is 2.09. The van der Waals surface area contributed by atoms with E-state index in [0.717, 1.165) is 36.0 Å². The monoisotopic (exact) mass is 264 g/mol. The van der Waals surface area contributed by atoms with E-state index < -0.39 is 0 Å². The largest absolute Gasteiger partial charge is 0.436 e. The van der Waals surface area contributed by atoms with Crippen molar-refractivity contribution in [3.8, 4) is 11.5 Å². The van der Waals surface area contributed by atoms with E-state index in [4.69, 9.17) is 4.42 Å². The first-order chi connectivity index (χ1) is 9.83. The summed E-state index contributed by atoms with van der Waals surface area (Å²) in [5, 5.41) is 3.37. The standard InChI is InChI=1S/C17H16N2O/c1-2-11-3-6-16-15(9-11)19-17(20-16)13-4-5-14-12(10-13)7-8-18-14/h3-6,9-10,18H,2,7-8H2,1H3. The number of nitrogens with one attached hydrogen (secondary N) is 1. The van der Waals surface area contributed by atoms with Crippen LogP contribution in [0.5, 0.6) is 0 Å². The minimum Gasteiger partial charge on any atom is -0.436 e. The van der Waals surface area contributed by atoms with E-state index >= 15 is 0 Å². The van der Waals surface area contributed by atoms with Gasteiger partial charge < -0.3 is 9.73 Å². The lowest BCUT2D eigenvalue weighted by atomic mass is 10.1. The number of hydrogen-bond acceptors (Lipinski definition) is 3. The molecule has 0 aliphatic carbocycles. The summed E-state index contributed by atoms with van der Waals surface area (Å²) in [7, 11) is 0. The first-order valence-corrected chi connectivity index (χ1v) is 7.10. The van der Waals surface area contributed by atoms with Crippen LogP contribution in [0.4, 0.5) is 5.69 Å². The molecule has 0 spiro atoms. The fraction of sp³-hybridized carbons (Fsp3) is 0.235. The topological polar surface area (TPSA) is 38.1 Å². The van der Waals surface area contributed by atoms with Gasteiger partial charge in [0.25, 0.3) is 0 Å². The van der Waals surface area contributed by atoms with E-state index in [1.54, 1.807) is 0 Å². The number of fused-ring (bicyclic) bond motifs is 2. The maximum atomic E-state index is 5.88. The molecule has 0 fully saturated rings. The predicted molar refractivity (Wildman–Crippen MR) is 81.0 cm³/mol. The fourth-order valence-corrected chi connectivity index (χ4v) is 2.75. The van der Waals surface area contributed by atoms with Crippen LogP contribution in [-0.2, 0) is 12.8 Å². The van der Waals surface area contributed by atoms with Gasteiger partial charge in [0.2, 0.25) is 5.89 Å². The van der Waals surface area contributed by atoms with Gasteiger partial charge in [-0.15, -0.1) is 0 Å². The third-order valence-corrected chi connectivity index (χ3v) is 3.92. The SMILES string of the molecule is CCc1ccc2oc(-c3ccc4c(c3)CCN4)nc2c1. The number of aromatic nitrogens is 1. The Kier molecular flexibility index (Phi) is 2.52. The molecule has 0 unspecified atom stereocenters. The van der Waals surface area contributed by atoms with Crippen molar-refractivity contribution in [2.75, 3.05) is 11.9 Å². The van der Waals surface area contributed by atoms with Crippen LogP contribution in [0, 0.1) is 0 Å².